The van der Waals surface area contributed by atoms with Crippen molar-refractivity contribution in [3.63, 3.8) is 0 Å². The molecule has 0 fully saturated rings. The molecule has 0 bridgehead atoms. The Morgan fingerprint density at radius 3 is 2.71 bits per heavy atom. The second-order valence-electron chi connectivity index (χ2n) is 4.93. The van der Waals surface area contributed by atoms with Crippen LogP contribution in [0.1, 0.15) is 44.0 Å². The number of hydrogen-bond acceptors (Lipinski definition) is 3. The zero-order chi connectivity index (χ0) is 15.2. The molecule has 2 aromatic rings. The molecule has 0 atom stereocenters. The molecule has 1 heterocycles. The summed E-state index contributed by atoms with van der Waals surface area (Å²) in [6.07, 6.45) is 3.95. The third-order valence-electron chi connectivity index (χ3n) is 3.56. The van der Waals surface area contributed by atoms with Crippen molar-refractivity contribution >= 4 is 0 Å². The Hall–Kier alpha value is -1.88. The van der Waals surface area contributed by atoms with Crippen molar-refractivity contribution in [2.45, 2.75) is 45.9 Å². The number of aliphatic hydroxyl groups is 1. The maximum Gasteiger partial charge on any atom is 0.165 e. The van der Waals surface area contributed by atoms with Crippen LogP contribution in [-0.2, 0) is 13.2 Å². The second kappa shape index (κ2) is 7.22. The van der Waals surface area contributed by atoms with E-state index in [1.807, 2.05) is 16.9 Å². The zero-order valence-electron chi connectivity index (χ0n) is 12.4. The minimum atomic E-state index is -0.471. The van der Waals surface area contributed by atoms with Crippen LogP contribution >= 0.6 is 0 Å². The van der Waals surface area contributed by atoms with Crippen LogP contribution in [0.15, 0.2) is 30.5 Å². The average Bonchev–Trinajstić information content (AvgIpc) is 2.96. The van der Waals surface area contributed by atoms with Crippen LogP contribution in [0.4, 0.5) is 4.39 Å². The number of aromatic nitrogens is 2. The van der Waals surface area contributed by atoms with Gasteiger partial charge in [0.1, 0.15) is 6.61 Å². The average molecular weight is 292 g/mol. The molecular weight excluding hydrogens is 271 g/mol. The van der Waals surface area contributed by atoms with Crippen molar-refractivity contribution in [2.24, 2.45) is 0 Å². The Bertz CT molecular complexity index is 579. The minimum Gasteiger partial charge on any atom is -0.484 e. The summed E-state index contributed by atoms with van der Waals surface area (Å²) < 4.78 is 21.1. The Morgan fingerprint density at radius 1 is 1.29 bits per heavy atom. The number of nitrogens with zero attached hydrogens (tertiary/aromatic N) is 2. The molecule has 0 unspecified atom stereocenters. The van der Waals surface area contributed by atoms with Crippen LogP contribution in [0, 0.1) is 5.82 Å². The normalized spacial score (nSPS) is 11.1. The van der Waals surface area contributed by atoms with E-state index in [1.54, 1.807) is 12.1 Å². The summed E-state index contributed by atoms with van der Waals surface area (Å²) >= 11 is 0. The number of hydrogen-bond donors (Lipinski definition) is 1. The fourth-order valence-electron chi connectivity index (χ4n) is 2.31. The van der Waals surface area contributed by atoms with Gasteiger partial charge in [0.25, 0.3) is 0 Å². The standard InChI is InChI=1S/C16H21FN2O2/c1-3-14(4-2)19-9-8-13(18-19)11-21-16-12(10-20)6-5-7-15(16)17/h5-9,14,20H,3-4,10-11H2,1-2H3. The molecule has 0 aliphatic rings. The first kappa shape index (κ1) is 15.5. The van der Waals surface area contributed by atoms with E-state index in [4.69, 9.17) is 4.74 Å². The highest BCUT2D eigenvalue weighted by Crippen LogP contribution is 2.23. The van der Waals surface area contributed by atoms with Crippen LogP contribution in [0.3, 0.4) is 0 Å². The van der Waals surface area contributed by atoms with Crippen molar-refractivity contribution in [3.05, 3.63) is 47.5 Å². The third-order valence-corrected chi connectivity index (χ3v) is 3.56. The number of para-hydroxylation sites is 1. The lowest BCUT2D eigenvalue weighted by Crippen LogP contribution is -2.08. The molecule has 2 rings (SSSR count). The van der Waals surface area contributed by atoms with Crippen LogP contribution in [0.5, 0.6) is 5.75 Å². The summed E-state index contributed by atoms with van der Waals surface area (Å²) in [5.41, 5.74) is 1.18. The molecule has 21 heavy (non-hydrogen) atoms. The first-order valence-corrected chi connectivity index (χ1v) is 7.24. The Kier molecular flexibility index (Phi) is 5.33. The molecule has 0 saturated carbocycles. The van der Waals surface area contributed by atoms with E-state index in [9.17, 15) is 9.50 Å². The Balaban J connectivity index is 2.07. The van der Waals surface area contributed by atoms with Gasteiger partial charge in [0.15, 0.2) is 11.6 Å². The van der Waals surface area contributed by atoms with Gasteiger partial charge in [-0.1, -0.05) is 26.0 Å². The van der Waals surface area contributed by atoms with Gasteiger partial charge in [-0.2, -0.15) is 5.10 Å². The molecule has 0 aliphatic carbocycles. The molecule has 0 aliphatic heterocycles. The van der Waals surface area contributed by atoms with Gasteiger partial charge in [0, 0.05) is 11.8 Å². The predicted molar refractivity (Wildman–Crippen MR) is 78.5 cm³/mol. The van der Waals surface area contributed by atoms with Gasteiger partial charge in [0.05, 0.1) is 18.3 Å². The van der Waals surface area contributed by atoms with E-state index in [2.05, 4.69) is 18.9 Å². The molecule has 0 saturated heterocycles. The van der Waals surface area contributed by atoms with Crippen LogP contribution in [-0.4, -0.2) is 14.9 Å². The summed E-state index contributed by atoms with van der Waals surface area (Å²) in [7, 11) is 0. The summed E-state index contributed by atoms with van der Waals surface area (Å²) in [6.45, 7) is 4.17. The predicted octanol–water partition coefficient (Wildman–Crippen LogP) is 3.45. The van der Waals surface area contributed by atoms with Gasteiger partial charge in [-0.3, -0.25) is 4.68 Å². The molecule has 4 nitrogen and oxygen atoms in total. The van der Waals surface area contributed by atoms with E-state index in [-0.39, 0.29) is 19.0 Å². The first-order chi connectivity index (χ1) is 10.2. The van der Waals surface area contributed by atoms with E-state index < -0.39 is 5.82 Å². The zero-order valence-corrected chi connectivity index (χ0v) is 12.4. The van der Waals surface area contributed by atoms with Crippen LogP contribution < -0.4 is 4.74 Å². The number of benzene rings is 1. The SMILES string of the molecule is CCC(CC)n1ccc(COc2c(F)cccc2CO)n1. The minimum absolute atomic E-state index is 0.0945. The van der Waals surface area contributed by atoms with Crippen molar-refractivity contribution < 1.29 is 14.2 Å². The van der Waals surface area contributed by atoms with Crippen molar-refractivity contribution in [1.29, 1.82) is 0 Å². The maximum atomic E-state index is 13.7. The van der Waals surface area contributed by atoms with Gasteiger partial charge in [-0.15, -0.1) is 0 Å². The van der Waals surface area contributed by atoms with Gasteiger partial charge in [-0.05, 0) is 25.0 Å². The Morgan fingerprint density at radius 2 is 2.05 bits per heavy atom. The first-order valence-electron chi connectivity index (χ1n) is 7.24. The highest BCUT2D eigenvalue weighted by Gasteiger charge is 2.11. The second-order valence-corrected chi connectivity index (χ2v) is 4.93. The number of halogens is 1. The molecule has 5 heteroatoms. The maximum absolute atomic E-state index is 13.7. The van der Waals surface area contributed by atoms with Crippen molar-refractivity contribution in [1.82, 2.24) is 9.78 Å². The number of ether oxygens (including phenoxy) is 1. The van der Waals surface area contributed by atoms with E-state index in [0.717, 1.165) is 18.5 Å². The Labute approximate surface area is 124 Å². The molecule has 1 aromatic heterocycles. The fourth-order valence-corrected chi connectivity index (χ4v) is 2.31. The van der Waals surface area contributed by atoms with Crippen molar-refractivity contribution in [2.75, 3.05) is 0 Å². The molecule has 0 amide bonds. The van der Waals surface area contributed by atoms with Gasteiger partial charge in [0.2, 0.25) is 0 Å². The summed E-state index contributed by atoms with van der Waals surface area (Å²) in [4.78, 5) is 0. The van der Waals surface area contributed by atoms with Crippen LogP contribution in [0.25, 0.3) is 0 Å². The molecular formula is C16H21FN2O2. The topological polar surface area (TPSA) is 47.3 Å². The number of aliphatic hydroxyl groups excluding tert-OH is 1. The largest absolute Gasteiger partial charge is 0.484 e. The lowest BCUT2D eigenvalue weighted by molar-refractivity contribution is 0.248. The van der Waals surface area contributed by atoms with E-state index in [1.165, 1.54) is 6.07 Å². The highest BCUT2D eigenvalue weighted by molar-refractivity contribution is 5.34. The van der Waals surface area contributed by atoms with Gasteiger partial charge in [-0.25, -0.2) is 4.39 Å². The number of rotatable bonds is 7. The third kappa shape index (κ3) is 3.61. The molecule has 1 N–H and O–H groups in total. The van der Waals surface area contributed by atoms with Crippen LogP contribution in [0.2, 0.25) is 0 Å². The molecule has 1 aromatic carbocycles. The lowest BCUT2D eigenvalue weighted by Gasteiger charge is -2.13. The summed E-state index contributed by atoms with van der Waals surface area (Å²) in [6, 6.07) is 6.76. The summed E-state index contributed by atoms with van der Waals surface area (Å²) in [5, 5.41) is 13.7. The smallest absolute Gasteiger partial charge is 0.165 e. The summed E-state index contributed by atoms with van der Waals surface area (Å²) in [5.74, 6) is -0.377. The molecule has 114 valence electrons. The van der Waals surface area contributed by atoms with Gasteiger partial charge >= 0.3 is 0 Å². The lowest BCUT2D eigenvalue weighted by atomic mass is 10.2. The van der Waals surface area contributed by atoms with Crippen molar-refractivity contribution in [3.8, 4) is 5.75 Å². The monoisotopic (exact) mass is 292 g/mol. The fraction of sp³-hybridized carbons (Fsp3) is 0.438. The highest BCUT2D eigenvalue weighted by atomic mass is 19.1. The van der Waals surface area contributed by atoms with E-state index >= 15 is 0 Å². The molecule has 0 spiro atoms. The van der Waals surface area contributed by atoms with E-state index in [0.29, 0.717) is 11.6 Å². The quantitative estimate of drug-likeness (QED) is 0.850. The molecule has 0 radical (unpaired) electrons. The van der Waals surface area contributed by atoms with Gasteiger partial charge < -0.3 is 9.84 Å².